The lowest BCUT2D eigenvalue weighted by Gasteiger charge is -2.18. The van der Waals surface area contributed by atoms with Crippen molar-refractivity contribution in [3.05, 3.63) is 29.8 Å². The number of nitrogens with two attached hydrogens (primary N) is 1. The molecule has 1 aromatic rings. The number of methoxy groups -OCH3 is 2. The van der Waals surface area contributed by atoms with Gasteiger partial charge in [-0.1, -0.05) is 12.1 Å². The summed E-state index contributed by atoms with van der Waals surface area (Å²) < 4.78 is 9.02. The van der Waals surface area contributed by atoms with Gasteiger partial charge in [0, 0.05) is 5.69 Å². The minimum atomic E-state index is -1.56. The van der Waals surface area contributed by atoms with Gasteiger partial charge in [0.05, 0.1) is 20.1 Å². The third-order valence-corrected chi connectivity index (χ3v) is 2.76. The van der Waals surface area contributed by atoms with E-state index in [-0.39, 0.29) is 6.42 Å². The van der Waals surface area contributed by atoms with E-state index in [1.54, 1.807) is 24.3 Å². The van der Waals surface area contributed by atoms with Crippen molar-refractivity contribution in [3.63, 3.8) is 0 Å². The third kappa shape index (κ3) is 3.96. The molecule has 0 saturated heterocycles. The summed E-state index contributed by atoms with van der Waals surface area (Å²) in [5, 5.41) is 9.79. The summed E-state index contributed by atoms with van der Waals surface area (Å²) in [6, 6.07) is 6.78. The maximum Gasteiger partial charge on any atom is 0.335 e. The van der Waals surface area contributed by atoms with Crippen LogP contribution in [0.25, 0.3) is 0 Å². The number of rotatable bonds is 5. The van der Waals surface area contributed by atoms with E-state index in [1.807, 2.05) is 0 Å². The van der Waals surface area contributed by atoms with Gasteiger partial charge in [-0.25, -0.2) is 4.79 Å². The molecule has 0 bridgehead atoms. The Bertz CT molecular complexity index is 443. The Hall–Kier alpha value is -2.08. The van der Waals surface area contributed by atoms with Gasteiger partial charge in [0.15, 0.2) is 6.10 Å². The molecule has 0 fully saturated rings. The van der Waals surface area contributed by atoms with Crippen LogP contribution in [-0.2, 0) is 25.5 Å². The van der Waals surface area contributed by atoms with E-state index in [9.17, 15) is 14.7 Å². The van der Waals surface area contributed by atoms with Crippen molar-refractivity contribution in [2.45, 2.75) is 12.5 Å². The first-order valence-corrected chi connectivity index (χ1v) is 5.67. The van der Waals surface area contributed by atoms with Gasteiger partial charge in [-0.05, 0) is 24.1 Å². The van der Waals surface area contributed by atoms with Gasteiger partial charge in [-0.2, -0.15) is 0 Å². The Kier molecular flexibility index (Phi) is 5.32. The minimum Gasteiger partial charge on any atom is -0.469 e. The smallest absolute Gasteiger partial charge is 0.335 e. The van der Waals surface area contributed by atoms with Crippen molar-refractivity contribution in [2.24, 2.45) is 5.92 Å². The third-order valence-electron chi connectivity index (χ3n) is 2.76. The number of aliphatic hydroxyl groups excluding tert-OH is 1. The van der Waals surface area contributed by atoms with Gasteiger partial charge in [-0.15, -0.1) is 0 Å². The monoisotopic (exact) mass is 267 g/mol. The molecule has 6 nitrogen and oxygen atoms in total. The van der Waals surface area contributed by atoms with Gasteiger partial charge in [-0.3, -0.25) is 4.79 Å². The Morgan fingerprint density at radius 1 is 1.16 bits per heavy atom. The fraction of sp³-hybridized carbons (Fsp3) is 0.385. The number of aliphatic hydroxyl groups is 1. The zero-order valence-corrected chi connectivity index (χ0v) is 10.8. The summed E-state index contributed by atoms with van der Waals surface area (Å²) in [7, 11) is 2.34. The average molecular weight is 267 g/mol. The quantitative estimate of drug-likeness (QED) is 0.581. The summed E-state index contributed by atoms with van der Waals surface area (Å²) in [6.45, 7) is 0. The normalized spacial score (nSPS) is 13.4. The van der Waals surface area contributed by atoms with Gasteiger partial charge >= 0.3 is 11.9 Å². The highest BCUT2D eigenvalue weighted by Crippen LogP contribution is 2.17. The molecule has 1 rings (SSSR count). The highest BCUT2D eigenvalue weighted by Gasteiger charge is 2.33. The number of hydrogen-bond donors (Lipinski definition) is 2. The lowest BCUT2D eigenvalue weighted by Crippen LogP contribution is -2.37. The number of benzene rings is 1. The fourth-order valence-corrected chi connectivity index (χ4v) is 1.67. The lowest BCUT2D eigenvalue weighted by atomic mass is 9.94. The van der Waals surface area contributed by atoms with E-state index in [1.165, 1.54) is 7.11 Å². The van der Waals surface area contributed by atoms with Gasteiger partial charge in [0.25, 0.3) is 0 Å². The number of esters is 2. The standard InChI is InChI=1S/C13H17NO5/c1-18-12(16)10(11(15)13(17)19-2)7-8-3-5-9(14)6-4-8/h3-6,10-11,15H,7,14H2,1-2H3. The highest BCUT2D eigenvalue weighted by atomic mass is 16.5. The molecule has 0 amide bonds. The molecule has 6 heteroatoms. The van der Waals surface area contributed by atoms with E-state index in [0.29, 0.717) is 5.69 Å². The molecule has 0 aliphatic heterocycles. The minimum absolute atomic E-state index is 0.156. The molecule has 3 N–H and O–H groups in total. The second-order valence-corrected chi connectivity index (χ2v) is 4.04. The SMILES string of the molecule is COC(=O)C(O)C(Cc1ccc(N)cc1)C(=O)OC. The number of carbonyl (C=O) groups is 2. The molecule has 0 saturated carbocycles. The molecule has 2 atom stereocenters. The van der Waals surface area contributed by atoms with Crippen LogP contribution in [0, 0.1) is 5.92 Å². The van der Waals surface area contributed by atoms with Crippen LogP contribution in [0.4, 0.5) is 5.69 Å². The molecular weight excluding hydrogens is 250 g/mol. The van der Waals surface area contributed by atoms with Gasteiger partial charge < -0.3 is 20.3 Å². The van der Waals surface area contributed by atoms with Crippen LogP contribution in [0.2, 0.25) is 0 Å². The van der Waals surface area contributed by atoms with E-state index < -0.39 is 24.0 Å². The summed E-state index contributed by atoms with van der Waals surface area (Å²) >= 11 is 0. The number of anilines is 1. The first kappa shape index (κ1) is 15.0. The number of ether oxygens (including phenoxy) is 2. The summed E-state index contributed by atoms with van der Waals surface area (Å²) in [6.07, 6.45) is -1.40. The molecule has 104 valence electrons. The van der Waals surface area contributed by atoms with Crippen LogP contribution >= 0.6 is 0 Å². The second-order valence-electron chi connectivity index (χ2n) is 4.04. The van der Waals surface area contributed by atoms with Crippen LogP contribution in [-0.4, -0.2) is 37.4 Å². The zero-order chi connectivity index (χ0) is 14.4. The van der Waals surface area contributed by atoms with Crippen LogP contribution < -0.4 is 5.73 Å². The van der Waals surface area contributed by atoms with E-state index in [2.05, 4.69) is 9.47 Å². The predicted molar refractivity (Wildman–Crippen MR) is 68.1 cm³/mol. The molecule has 19 heavy (non-hydrogen) atoms. The first-order valence-electron chi connectivity index (χ1n) is 5.67. The molecule has 1 aromatic carbocycles. The van der Waals surface area contributed by atoms with Crippen LogP contribution in [0.5, 0.6) is 0 Å². The molecular formula is C13H17NO5. The molecule has 0 spiro atoms. The first-order chi connectivity index (χ1) is 8.99. The van der Waals surface area contributed by atoms with Crippen molar-refractivity contribution in [2.75, 3.05) is 20.0 Å². The molecule has 0 aliphatic rings. The van der Waals surface area contributed by atoms with Crippen molar-refractivity contribution in [1.82, 2.24) is 0 Å². The Morgan fingerprint density at radius 3 is 2.16 bits per heavy atom. The maximum absolute atomic E-state index is 11.6. The summed E-state index contributed by atoms with van der Waals surface area (Å²) in [5.41, 5.74) is 6.90. The summed E-state index contributed by atoms with van der Waals surface area (Å²) in [4.78, 5) is 22.9. The van der Waals surface area contributed by atoms with Crippen LogP contribution in [0.3, 0.4) is 0 Å². The van der Waals surface area contributed by atoms with E-state index >= 15 is 0 Å². The predicted octanol–water partition coefficient (Wildman–Crippen LogP) is 0.134. The Balaban J connectivity index is 2.89. The number of hydrogen-bond acceptors (Lipinski definition) is 6. The van der Waals surface area contributed by atoms with E-state index in [0.717, 1.165) is 12.7 Å². The molecule has 2 unspecified atom stereocenters. The van der Waals surface area contributed by atoms with Crippen molar-refractivity contribution in [1.29, 1.82) is 0 Å². The van der Waals surface area contributed by atoms with Crippen LogP contribution in [0.15, 0.2) is 24.3 Å². The van der Waals surface area contributed by atoms with Gasteiger partial charge in [0.1, 0.15) is 0 Å². The van der Waals surface area contributed by atoms with Crippen molar-refractivity contribution in [3.8, 4) is 0 Å². The topological polar surface area (TPSA) is 98.9 Å². The summed E-state index contributed by atoms with van der Waals surface area (Å²) in [5.74, 6) is -2.55. The van der Waals surface area contributed by atoms with Crippen molar-refractivity contribution >= 4 is 17.6 Å². The van der Waals surface area contributed by atoms with Gasteiger partial charge in [0.2, 0.25) is 0 Å². The largest absolute Gasteiger partial charge is 0.469 e. The Labute approximate surface area is 111 Å². The Morgan fingerprint density at radius 2 is 1.68 bits per heavy atom. The molecule has 0 radical (unpaired) electrons. The van der Waals surface area contributed by atoms with E-state index in [4.69, 9.17) is 5.73 Å². The number of carbonyl (C=O) groups excluding carboxylic acids is 2. The molecule has 0 aliphatic carbocycles. The molecule has 0 heterocycles. The maximum atomic E-state index is 11.6. The number of nitrogen functional groups attached to an aromatic ring is 1. The highest BCUT2D eigenvalue weighted by molar-refractivity contribution is 5.83. The van der Waals surface area contributed by atoms with Crippen molar-refractivity contribution < 1.29 is 24.2 Å². The van der Waals surface area contributed by atoms with Crippen LogP contribution in [0.1, 0.15) is 5.56 Å². The lowest BCUT2D eigenvalue weighted by molar-refractivity contribution is -0.163. The fourth-order valence-electron chi connectivity index (χ4n) is 1.67. The second kappa shape index (κ2) is 6.75. The zero-order valence-electron chi connectivity index (χ0n) is 10.8. The average Bonchev–Trinajstić information content (AvgIpc) is 2.44. The molecule has 0 aromatic heterocycles.